The van der Waals surface area contributed by atoms with E-state index in [0.29, 0.717) is 5.92 Å². The zero-order valence-corrected chi connectivity index (χ0v) is 13.5. The molecule has 2 aromatic carbocycles. The number of hydrogen-bond acceptors (Lipinski definition) is 1. The lowest BCUT2D eigenvalue weighted by atomic mass is 9.64. The summed E-state index contributed by atoms with van der Waals surface area (Å²) in [4.78, 5) is 0. The highest BCUT2D eigenvalue weighted by Gasteiger charge is 2.62. The summed E-state index contributed by atoms with van der Waals surface area (Å²) in [6.07, 6.45) is 4.39. The van der Waals surface area contributed by atoms with Crippen molar-refractivity contribution in [3.63, 3.8) is 0 Å². The van der Waals surface area contributed by atoms with E-state index in [1.54, 1.807) is 0 Å². The highest BCUT2D eigenvalue weighted by atomic mass is 16.3. The van der Waals surface area contributed by atoms with Crippen LogP contribution in [0.15, 0.2) is 48.5 Å². The molecule has 114 valence electrons. The Bertz CT molecular complexity index is 683. The van der Waals surface area contributed by atoms with Gasteiger partial charge in [-0.05, 0) is 56.6 Å². The van der Waals surface area contributed by atoms with Crippen LogP contribution >= 0.6 is 0 Å². The van der Waals surface area contributed by atoms with E-state index in [2.05, 4.69) is 62.4 Å². The third-order valence-electron chi connectivity index (χ3n) is 6.13. The molecule has 0 unspecified atom stereocenters. The highest BCUT2D eigenvalue weighted by Crippen LogP contribution is 2.64. The zero-order valence-electron chi connectivity index (χ0n) is 13.5. The first-order valence-corrected chi connectivity index (χ1v) is 8.40. The van der Waals surface area contributed by atoms with Gasteiger partial charge in [0.1, 0.15) is 0 Å². The highest BCUT2D eigenvalue weighted by molar-refractivity contribution is 5.42. The Balaban J connectivity index is 1.85. The maximum atomic E-state index is 11.7. The first-order valence-electron chi connectivity index (χ1n) is 8.40. The Kier molecular flexibility index (Phi) is 2.99. The molecule has 4 rings (SSSR count). The van der Waals surface area contributed by atoms with Gasteiger partial charge in [-0.25, -0.2) is 0 Å². The van der Waals surface area contributed by atoms with Crippen LogP contribution in [0.25, 0.3) is 0 Å². The minimum absolute atomic E-state index is 0.0966. The summed E-state index contributed by atoms with van der Waals surface area (Å²) in [6, 6.07) is 17.4. The second kappa shape index (κ2) is 4.70. The van der Waals surface area contributed by atoms with E-state index < -0.39 is 5.60 Å². The Morgan fingerprint density at radius 3 is 1.91 bits per heavy atom. The van der Waals surface area contributed by atoms with Crippen molar-refractivity contribution in [2.45, 2.75) is 50.5 Å². The van der Waals surface area contributed by atoms with Crippen molar-refractivity contribution >= 4 is 0 Å². The molecule has 0 radical (unpaired) electrons. The Labute approximate surface area is 133 Å². The molecule has 2 saturated carbocycles. The minimum Gasteiger partial charge on any atom is -0.384 e. The van der Waals surface area contributed by atoms with Crippen molar-refractivity contribution in [3.05, 3.63) is 70.8 Å². The van der Waals surface area contributed by atoms with Crippen molar-refractivity contribution < 1.29 is 5.11 Å². The van der Waals surface area contributed by atoms with E-state index in [1.165, 1.54) is 23.1 Å². The van der Waals surface area contributed by atoms with Crippen molar-refractivity contribution in [1.29, 1.82) is 0 Å². The molecule has 0 aromatic heterocycles. The summed E-state index contributed by atoms with van der Waals surface area (Å²) < 4.78 is 0. The fraction of sp³-hybridized carbons (Fsp3) is 0.429. The Morgan fingerprint density at radius 2 is 1.36 bits per heavy atom. The fourth-order valence-corrected chi connectivity index (χ4v) is 4.91. The lowest BCUT2D eigenvalue weighted by Crippen LogP contribution is -2.45. The van der Waals surface area contributed by atoms with Crippen molar-refractivity contribution in [1.82, 2.24) is 0 Å². The quantitative estimate of drug-likeness (QED) is 0.855. The molecule has 0 amide bonds. The van der Waals surface area contributed by atoms with E-state index in [-0.39, 0.29) is 5.41 Å². The minimum atomic E-state index is -0.709. The van der Waals surface area contributed by atoms with Crippen LogP contribution in [0.5, 0.6) is 0 Å². The summed E-state index contributed by atoms with van der Waals surface area (Å²) >= 11 is 0. The molecule has 0 aliphatic heterocycles. The summed E-state index contributed by atoms with van der Waals surface area (Å²) in [5.41, 5.74) is 4.15. The van der Waals surface area contributed by atoms with Crippen LogP contribution in [0.1, 0.15) is 47.9 Å². The molecule has 1 nitrogen and oxygen atoms in total. The smallest absolute Gasteiger partial charge is 0.0995 e. The largest absolute Gasteiger partial charge is 0.384 e. The monoisotopic (exact) mass is 292 g/mol. The molecular formula is C21H24O. The molecule has 3 atom stereocenters. The Morgan fingerprint density at radius 1 is 0.818 bits per heavy atom. The van der Waals surface area contributed by atoms with Crippen LogP contribution in [0.3, 0.4) is 0 Å². The maximum Gasteiger partial charge on any atom is 0.0995 e. The van der Waals surface area contributed by atoms with Gasteiger partial charge < -0.3 is 5.11 Å². The van der Waals surface area contributed by atoms with E-state index in [4.69, 9.17) is 0 Å². The van der Waals surface area contributed by atoms with Crippen molar-refractivity contribution in [2.75, 3.05) is 0 Å². The van der Waals surface area contributed by atoms with Gasteiger partial charge >= 0.3 is 0 Å². The van der Waals surface area contributed by atoms with Crippen molar-refractivity contribution in [2.24, 2.45) is 5.92 Å². The third kappa shape index (κ3) is 1.82. The second-order valence-corrected chi connectivity index (χ2v) is 7.49. The van der Waals surface area contributed by atoms with Gasteiger partial charge in [0, 0.05) is 5.41 Å². The van der Waals surface area contributed by atoms with Crippen LogP contribution in [0.4, 0.5) is 0 Å². The second-order valence-electron chi connectivity index (χ2n) is 7.49. The molecule has 2 aromatic rings. The van der Waals surface area contributed by atoms with E-state index in [0.717, 1.165) is 24.8 Å². The molecule has 0 saturated heterocycles. The van der Waals surface area contributed by atoms with E-state index >= 15 is 0 Å². The molecule has 22 heavy (non-hydrogen) atoms. The third-order valence-corrected chi connectivity index (χ3v) is 6.13. The normalized spacial score (nSPS) is 33.3. The Hall–Kier alpha value is -1.60. The molecule has 2 aliphatic rings. The molecule has 1 N–H and O–H groups in total. The van der Waals surface area contributed by atoms with Crippen LogP contribution < -0.4 is 0 Å². The number of benzene rings is 2. The SMILES string of the molecule is Cc1ccc([C@]23CC[C@@H](C2)C[C@]3(O)c2ccc(C)cc2)cc1. The number of fused-ring (bicyclic) bond motifs is 2. The molecular weight excluding hydrogens is 268 g/mol. The zero-order chi connectivity index (χ0) is 15.4. The molecule has 1 heteroatoms. The van der Waals surface area contributed by atoms with Crippen LogP contribution in [-0.2, 0) is 11.0 Å². The fourth-order valence-electron chi connectivity index (χ4n) is 4.91. The first-order chi connectivity index (χ1) is 10.5. The van der Waals surface area contributed by atoms with Crippen LogP contribution in [0, 0.1) is 19.8 Å². The van der Waals surface area contributed by atoms with Gasteiger partial charge in [0.15, 0.2) is 0 Å². The summed E-state index contributed by atoms with van der Waals surface area (Å²) in [5.74, 6) is 0.660. The van der Waals surface area contributed by atoms with Gasteiger partial charge in [0.25, 0.3) is 0 Å². The van der Waals surface area contributed by atoms with Crippen LogP contribution in [-0.4, -0.2) is 5.11 Å². The molecule has 2 bridgehead atoms. The topological polar surface area (TPSA) is 20.2 Å². The molecule has 0 heterocycles. The first kappa shape index (κ1) is 14.0. The molecule has 2 fully saturated rings. The number of hydrogen-bond donors (Lipinski definition) is 1. The lowest BCUT2D eigenvalue weighted by molar-refractivity contribution is -0.0392. The summed E-state index contributed by atoms with van der Waals surface area (Å²) in [5, 5.41) is 11.7. The maximum absolute atomic E-state index is 11.7. The molecule has 0 spiro atoms. The van der Waals surface area contributed by atoms with Gasteiger partial charge in [0.05, 0.1) is 5.60 Å². The van der Waals surface area contributed by atoms with E-state index in [1.807, 2.05) is 0 Å². The molecule has 2 aliphatic carbocycles. The van der Waals surface area contributed by atoms with Crippen molar-refractivity contribution in [3.8, 4) is 0 Å². The lowest BCUT2D eigenvalue weighted by Gasteiger charge is -2.44. The van der Waals surface area contributed by atoms with E-state index in [9.17, 15) is 5.11 Å². The number of rotatable bonds is 2. The van der Waals surface area contributed by atoms with Crippen LogP contribution in [0.2, 0.25) is 0 Å². The van der Waals surface area contributed by atoms with Gasteiger partial charge in [-0.3, -0.25) is 0 Å². The predicted molar refractivity (Wildman–Crippen MR) is 89.9 cm³/mol. The summed E-state index contributed by atoms with van der Waals surface area (Å²) in [7, 11) is 0. The van der Waals surface area contributed by atoms with Gasteiger partial charge in [0.2, 0.25) is 0 Å². The average molecular weight is 292 g/mol. The average Bonchev–Trinajstić information content (AvgIpc) is 3.05. The number of aryl methyl sites for hydroxylation is 2. The van der Waals surface area contributed by atoms with Gasteiger partial charge in [-0.1, -0.05) is 59.7 Å². The number of aliphatic hydroxyl groups is 1. The summed E-state index contributed by atoms with van der Waals surface area (Å²) in [6.45, 7) is 4.23. The van der Waals surface area contributed by atoms with Gasteiger partial charge in [-0.2, -0.15) is 0 Å². The predicted octanol–water partition coefficient (Wildman–Crippen LogP) is 4.63. The van der Waals surface area contributed by atoms with Gasteiger partial charge in [-0.15, -0.1) is 0 Å². The standard InChI is InChI=1S/C21H24O/c1-15-3-7-18(8-4-15)20-12-11-17(13-20)14-21(20,22)19-9-5-16(2)6-10-19/h3-10,17,22H,11-14H2,1-2H3/t17-,20-,21-/m0/s1.